The summed E-state index contributed by atoms with van der Waals surface area (Å²) in [5.41, 5.74) is 0. The summed E-state index contributed by atoms with van der Waals surface area (Å²) in [5.74, 6) is 6.00. The quantitative estimate of drug-likeness (QED) is 0.186. The van der Waals surface area contributed by atoms with Gasteiger partial charge in [0.15, 0.2) is 4.33 Å². The molecule has 2 rings (SSSR count). The van der Waals surface area contributed by atoms with Crippen molar-refractivity contribution in [2.75, 3.05) is 12.5 Å². The normalized spacial score (nSPS) is 13.3. The lowest BCUT2D eigenvalue weighted by Crippen LogP contribution is -2.66. The molecule has 2 aromatic rings. The Hall–Kier alpha value is -0.993. The minimum absolute atomic E-state index is 0.0356. The van der Waals surface area contributed by atoms with Crippen molar-refractivity contribution < 1.29 is 9.53 Å². The summed E-state index contributed by atoms with van der Waals surface area (Å²) in [6, 6.07) is 21.3. The summed E-state index contributed by atoms with van der Waals surface area (Å²) in [6.07, 6.45) is 1.55. The van der Waals surface area contributed by atoms with Gasteiger partial charge in [-0.25, -0.2) is 0 Å². The van der Waals surface area contributed by atoms with Gasteiger partial charge in [0.2, 0.25) is 0 Å². The fourth-order valence-electron chi connectivity index (χ4n) is 3.84. The number of aliphatic hydroxyl groups excluding tert-OH is 1. The molecule has 0 spiro atoms. The Morgan fingerprint density at radius 2 is 1.47 bits per heavy atom. The molecule has 6 heteroatoms. The molecule has 0 radical (unpaired) electrons. The van der Waals surface area contributed by atoms with Crippen LogP contribution in [0.1, 0.15) is 46.5 Å². The smallest absolute Gasteiger partial charge is 0.261 e. The predicted octanol–water partition coefficient (Wildman–Crippen LogP) is 5.90. The van der Waals surface area contributed by atoms with Crippen LogP contribution in [0.2, 0.25) is 5.04 Å². The van der Waals surface area contributed by atoms with Crippen molar-refractivity contribution in [1.29, 1.82) is 0 Å². The molecule has 0 saturated heterocycles. The molecule has 0 unspecified atom stereocenters. The minimum atomic E-state index is -2.49. The molecule has 0 aliphatic heterocycles. The first kappa shape index (κ1) is 27.3. The molecule has 0 bridgehead atoms. The second-order valence-corrected chi connectivity index (χ2v) is 15.1. The van der Waals surface area contributed by atoms with E-state index in [0.717, 1.165) is 12.8 Å². The van der Waals surface area contributed by atoms with Crippen molar-refractivity contribution in [3.05, 3.63) is 60.7 Å². The Kier molecular flexibility index (Phi) is 10.6. The highest BCUT2D eigenvalue weighted by Crippen LogP contribution is 2.36. The van der Waals surface area contributed by atoms with E-state index < -0.39 is 18.8 Å². The first-order valence-corrected chi connectivity index (χ1v) is 14.2. The molecule has 0 heterocycles. The van der Waals surface area contributed by atoms with Crippen LogP contribution in [0.5, 0.6) is 0 Å². The lowest BCUT2D eigenvalue weighted by molar-refractivity contribution is 0.210. The van der Waals surface area contributed by atoms with Crippen LogP contribution in [-0.2, 0) is 4.43 Å². The molecular formula is C26H33Cl3O2Si. The highest BCUT2D eigenvalue weighted by atomic mass is 35.5. The molecular weight excluding hydrogens is 479 g/mol. The van der Waals surface area contributed by atoms with Gasteiger partial charge in [-0.2, -0.15) is 0 Å². The molecule has 2 aromatic carbocycles. The Bertz CT molecular complexity index is 831. The van der Waals surface area contributed by atoms with Gasteiger partial charge in [-0.3, -0.25) is 0 Å². The van der Waals surface area contributed by atoms with Crippen molar-refractivity contribution in [1.82, 2.24) is 0 Å². The van der Waals surface area contributed by atoms with Crippen LogP contribution in [0.4, 0.5) is 0 Å². The molecule has 174 valence electrons. The Morgan fingerprint density at radius 3 is 1.94 bits per heavy atom. The van der Waals surface area contributed by atoms with Gasteiger partial charge in [0.25, 0.3) is 8.32 Å². The standard InChI is InChI=1S/C26H33Cl3O2Si/c1-25(2,3)32(22-14-8-6-9-15-22,23-16-10-7-11-17-23)31-21-13-5-4-12-18-24(30)26(28,29)19-20-27/h6-11,14-17,24,30H,4-5,13,19-21H2,1-3H3/t24-/m1/s1. The molecule has 2 nitrogen and oxygen atoms in total. The largest absolute Gasteiger partial charge is 0.407 e. The van der Waals surface area contributed by atoms with Crippen LogP contribution in [-0.4, -0.2) is 36.3 Å². The monoisotopic (exact) mass is 510 g/mol. The van der Waals surface area contributed by atoms with E-state index in [-0.39, 0.29) is 17.3 Å². The first-order chi connectivity index (χ1) is 15.1. The van der Waals surface area contributed by atoms with Gasteiger partial charge in [-0.1, -0.05) is 111 Å². The molecule has 32 heavy (non-hydrogen) atoms. The van der Waals surface area contributed by atoms with Crippen molar-refractivity contribution in [3.8, 4) is 11.8 Å². The maximum atomic E-state index is 10.0. The SMILES string of the molecule is CC(C)(C)[Si](OCCCCC#C[C@@H](O)C(Cl)(Cl)CCCl)(c1ccccc1)c1ccccc1. The van der Waals surface area contributed by atoms with Gasteiger partial charge in [0, 0.05) is 18.9 Å². The fourth-order valence-corrected chi connectivity index (χ4v) is 9.24. The van der Waals surface area contributed by atoms with E-state index >= 15 is 0 Å². The van der Waals surface area contributed by atoms with Gasteiger partial charge in [-0.15, -0.1) is 17.5 Å². The van der Waals surface area contributed by atoms with E-state index in [1.807, 2.05) is 12.1 Å². The van der Waals surface area contributed by atoms with Crippen molar-refractivity contribution in [3.63, 3.8) is 0 Å². The van der Waals surface area contributed by atoms with E-state index in [1.165, 1.54) is 10.4 Å². The average molecular weight is 512 g/mol. The Balaban J connectivity index is 2.08. The third-order valence-corrected chi connectivity index (χ3v) is 11.5. The molecule has 0 fully saturated rings. The molecule has 0 saturated carbocycles. The van der Waals surface area contributed by atoms with Crippen LogP contribution < -0.4 is 10.4 Å². The summed E-state index contributed by atoms with van der Waals surface area (Å²) < 4.78 is 5.53. The molecule has 0 amide bonds. The number of halogens is 3. The number of hydrogen-bond acceptors (Lipinski definition) is 2. The molecule has 0 aliphatic carbocycles. The van der Waals surface area contributed by atoms with Crippen molar-refractivity contribution in [2.45, 2.75) is 61.9 Å². The van der Waals surface area contributed by atoms with Crippen LogP contribution in [0, 0.1) is 11.8 Å². The number of rotatable bonds is 10. The number of alkyl halides is 3. The highest BCUT2D eigenvalue weighted by Gasteiger charge is 2.49. The zero-order chi connectivity index (χ0) is 23.7. The van der Waals surface area contributed by atoms with Gasteiger partial charge >= 0.3 is 0 Å². The van der Waals surface area contributed by atoms with Gasteiger partial charge in [0.05, 0.1) is 0 Å². The predicted molar refractivity (Wildman–Crippen MR) is 141 cm³/mol. The van der Waals surface area contributed by atoms with Crippen LogP contribution >= 0.6 is 34.8 Å². The lowest BCUT2D eigenvalue weighted by Gasteiger charge is -2.43. The van der Waals surface area contributed by atoms with Gasteiger partial charge in [0.1, 0.15) is 6.10 Å². The number of benzene rings is 2. The summed E-state index contributed by atoms with van der Waals surface area (Å²) in [4.78, 5) is 0. The second-order valence-electron chi connectivity index (χ2n) is 8.89. The third kappa shape index (κ3) is 7.00. The summed E-state index contributed by atoms with van der Waals surface area (Å²) in [6.45, 7) is 7.48. The molecule has 1 atom stereocenters. The second kappa shape index (κ2) is 12.5. The summed E-state index contributed by atoms with van der Waals surface area (Å²) >= 11 is 17.8. The van der Waals surface area contributed by atoms with Crippen LogP contribution in [0.15, 0.2) is 60.7 Å². The Morgan fingerprint density at radius 1 is 0.938 bits per heavy atom. The van der Waals surface area contributed by atoms with E-state index in [1.54, 1.807) is 0 Å². The Labute approximate surface area is 209 Å². The average Bonchev–Trinajstić information content (AvgIpc) is 2.76. The molecule has 1 N–H and O–H groups in total. The lowest BCUT2D eigenvalue weighted by atomic mass is 10.2. The molecule has 0 aromatic heterocycles. The summed E-state index contributed by atoms with van der Waals surface area (Å²) in [7, 11) is -2.49. The zero-order valence-corrected chi connectivity index (χ0v) is 22.4. The van der Waals surface area contributed by atoms with Gasteiger partial charge in [-0.05, 0) is 34.7 Å². The van der Waals surface area contributed by atoms with E-state index in [9.17, 15) is 5.11 Å². The van der Waals surface area contributed by atoms with E-state index in [4.69, 9.17) is 39.2 Å². The topological polar surface area (TPSA) is 29.5 Å². The van der Waals surface area contributed by atoms with Crippen molar-refractivity contribution in [2.24, 2.45) is 0 Å². The minimum Gasteiger partial charge on any atom is -0.407 e. The van der Waals surface area contributed by atoms with Crippen LogP contribution in [0.25, 0.3) is 0 Å². The fraction of sp³-hybridized carbons (Fsp3) is 0.462. The van der Waals surface area contributed by atoms with Crippen LogP contribution in [0.3, 0.4) is 0 Å². The molecule has 0 aliphatic rings. The van der Waals surface area contributed by atoms with E-state index in [2.05, 4.69) is 81.1 Å². The van der Waals surface area contributed by atoms with E-state index in [0.29, 0.717) is 13.0 Å². The zero-order valence-electron chi connectivity index (χ0n) is 19.1. The maximum absolute atomic E-state index is 10.0. The maximum Gasteiger partial charge on any atom is 0.261 e. The first-order valence-electron chi connectivity index (χ1n) is 11.0. The van der Waals surface area contributed by atoms with Gasteiger partial charge < -0.3 is 9.53 Å². The number of aliphatic hydroxyl groups is 1. The third-order valence-electron chi connectivity index (χ3n) is 5.50. The number of unbranched alkanes of at least 4 members (excludes halogenated alkanes) is 2. The number of hydrogen-bond donors (Lipinski definition) is 1. The summed E-state index contributed by atoms with van der Waals surface area (Å²) in [5, 5.41) is 12.6. The van der Waals surface area contributed by atoms with Crippen molar-refractivity contribution >= 4 is 53.5 Å². The highest BCUT2D eigenvalue weighted by molar-refractivity contribution is 6.99.